The van der Waals surface area contributed by atoms with Crippen molar-refractivity contribution in [3.05, 3.63) is 0 Å². The summed E-state index contributed by atoms with van der Waals surface area (Å²) in [6.07, 6.45) is 4.34. The molecule has 0 aromatic rings. The third-order valence-electron chi connectivity index (χ3n) is 3.96. The molecule has 0 spiro atoms. The predicted octanol–water partition coefficient (Wildman–Crippen LogP) is 3.03. The smallest absolute Gasteiger partial charge is 0.407 e. The van der Waals surface area contributed by atoms with E-state index >= 15 is 0 Å². The van der Waals surface area contributed by atoms with Gasteiger partial charge in [-0.25, -0.2) is 4.79 Å². The number of amides is 1. The van der Waals surface area contributed by atoms with E-state index in [1.54, 1.807) is 0 Å². The Morgan fingerprint density at radius 2 is 1.74 bits per heavy atom. The predicted molar refractivity (Wildman–Crippen MR) is 112 cm³/mol. The van der Waals surface area contributed by atoms with Crippen LogP contribution in [0.4, 0.5) is 4.79 Å². The molecule has 0 aliphatic rings. The Morgan fingerprint density at radius 1 is 1.07 bits per heavy atom. The number of aliphatic hydroxyl groups is 1. The number of ether oxygens (including phenoxy) is 1. The van der Waals surface area contributed by atoms with Gasteiger partial charge in [0.1, 0.15) is 5.60 Å². The lowest BCUT2D eigenvalue weighted by Crippen LogP contribution is -2.48. The van der Waals surface area contributed by atoms with Crippen LogP contribution in [0.3, 0.4) is 0 Å². The van der Waals surface area contributed by atoms with Gasteiger partial charge in [0.25, 0.3) is 0 Å². The van der Waals surface area contributed by atoms with Crippen LogP contribution in [0, 0.1) is 5.92 Å². The molecule has 0 radical (unpaired) electrons. The van der Waals surface area contributed by atoms with E-state index in [0.717, 1.165) is 44.6 Å². The van der Waals surface area contributed by atoms with Gasteiger partial charge >= 0.3 is 6.09 Å². The van der Waals surface area contributed by atoms with Gasteiger partial charge < -0.3 is 25.8 Å². The molecule has 0 heterocycles. The highest BCUT2D eigenvalue weighted by atomic mass is 16.6. The summed E-state index contributed by atoms with van der Waals surface area (Å²) in [5, 5.41) is 18.7. The maximum absolute atomic E-state index is 12.0. The number of carbonyl (C=O) groups excluding carboxylic acids is 1. The average Bonchev–Trinajstić information content (AvgIpc) is 2.55. The molecule has 1 amide bonds. The van der Waals surface area contributed by atoms with Crippen LogP contribution in [0.2, 0.25) is 0 Å². The zero-order valence-electron chi connectivity index (χ0n) is 18.2. The molecular weight excluding hydrogens is 344 g/mol. The molecule has 7 heteroatoms. The Kier molecular flexibility index (Phi) is 13.7. The summed E-state index contributed by atoms with van der Waals surface area (Å²) in [5.41, 5.74) is -0.508. The zero-order chi connectivity index (χ0) is 20.7. The fourth-order valence-electron chi connectivity index (χ4n) is 2.75. The van der Waals surface area contributed by atoms with Gasteiger partial charge in [-0.15, -0.1) is 0 Å². The number of aliphatic imine (C=N–C) groups is 1. The van der Waals surface area contributed by atoms with Crippen molar-refractivity contribution in [3.63, 3.8) is 0 Å². The van der Waals surface area contributed by atoms with Crippen molar-refractivity contribution >= 4 is 12.1 Å². The lowest BCUT2D eigenvalue weighted by Gasteiger charge is -2.24. The van der Waals surface area contributed by atoms with Crippen LogP contribution in [0.5, 0.6) is 0 Å². The van der Waals surface area contributed by atoms with E-state index < -0.39 is 11.7 Å². The molecule has 0 aliphatic heterocycles. The first-order valence-electron chi connectivity index (χ1n) is 10.4. The Hall–Kier alpha value is -1.50. The molecule has 0 aromatic heterocycles. The number of aliphatic hydroxyl groups excluding tert-OH is 1. The minimum atomic E-state index is -0.508. The summed E-state index contributed by atoms with van der Waals surface area (Å²) in [6, 6.07) is -0.0300. The third-order valence-corrected chi connectivity index (χ3v) is 3.96. The van der Waals surface area contributed by atoms with Crippen LogP contribution in [0.1, 0.15) is 73.6 Å². The summed E-state index contributed by atoms with van der Waals surface area (Å²) in [6.45, 7) is 14.1. The molecule has 27 heavy (non-hydrogen) atoms. The first-order valence-corrected chi connectivity index (χ1v) is 10.4. The number of carbonyl (C=O) groups is 1. The zero-order valence-corrected chi connectivity index (χ0v) is 18.2. The van der Waals surface area contributed by atoms with E-state index in [-0.39, 0.29) is 12.6 Å². The fourth-order valence-corrected chi connectivity index (χ4v) is 2.75. The van der Waals surface area contributed by atoms with Gasteiger partial charge in [-0.1, -0.05) is 26.7 Å². The fraction of sp³-hybridized carbons (Fsp3) is 0.900. The minimum Gasteiger partial charge on any atom is -0.444 e. The molecule has 0 saturated heterocycles. The molecule has 4 N–H and O–H groups in total. The lowest BCUT2D eigenvalue weighted by atomic mass is 10.0. The summed E-state index contributed by atoms with van der Waals surface area (Å²) >= 11 is 0. The van der Waals surface area contributed by atoms with Crippen molar-refractivity contribution in [2.24, 2.45) is 10.9 Å². The first-order chi connectivity index (χ1) is 12.8. The van der Waals surface area contributed by atoms with E-state index in [0.29, 0.717) is 19.0 Å². The van der Waals surface area contributed by atoms with Crippen LogP contribution in [-0.2, 0) is 4.74 Å². The van der Waals surface area contributed by atoms with Crippen molar-refractivity contribution < 1.29 is 14.6 Å². The summed E-state index contributed by atoms with van der Waals surface area (Å²) in [4.78, 5) is 16.7. The summed E-state index contributed by atoms with van der Waals surface area (Å²) in [7, 11) is 0. The Balaban J connectivity index is 4.74. The molecule has 0 aliphatic carbocycles. The molecule has 0 aromatic carbocycles. The number of hydrogen-bond donors (Lipinski definition) is 4. The number of guanidine groups is 1. The highest BCUT2D eigenvalue weighted by Crippen LogP contribution is 2.11. The van der Waals surface area contributed by atoms with Gasteiger partial charge in [0.15, 0.2) is 5.96 Å². The largest absolute Gasteiger partial charge is 0.444 e. The van der Waals surface area contributed by atoms with Gasteiger partial charge in [0.05, 0.1) is 0 Å². The van der Waals surface area contributed by atoms with Crippen molar-refractivity contribution in [1.29, 1.82) is 0 Å². The second-order valence-electron chi connectivity index (χ2n) is 7.90. The summed E-state index contributed by atoms with van der Waals surface area (Å²) in [5.74, 6) is 1.13. The molecule has 0 bridgehead atoms. The Morgan fingerprint density at radius 3 is 2.26 bits per heavy atom. The molecule has 0 saturated carbocycles. The number of hydrogen-bond acceptors (Lipinski definition) is 4. The quantitative estimate of drug-likeness (QED) is 0.305. The lowest BCUT2D eigenvalue weighted by molar-refractivity contribution is 0.0502. The number of nitrogens with zero attached hydrogens (tertiary/aromatic N) is 1. The monoisotopic (exact) mass is 386 g/mol. The van der Waals surface area contributed by atoms with Crippen molar-refractivity contribution in [1.82, 2.24) is 16.0 Å². The normalized spacial score (nSPS) is 14.4. The summed E-state index contributed by atoms with van der Waals surface area (Å²) < 4.78 is 5.35. The SMILES string of the molecule is CCCC(CCO)CN=C(NCC)NCC(CCC)NC(=O)OC(C)(C)C. The minimum absolute atomic E-state index is 0.0300. The molecule has 160 valence electrons. The van der Waals surface area contributed by atoms with E-state index in [1.165, 1.54) is 0 Å². The second-order valence-corrected chi connectivity index (χ2v) is 7.90. The molecule has 7 nitrogen and oxygen atoms in total. The van der Waals surface area contributed by atoms with Gasteiger partial charge in [-0.3, -0.25) is 4.99 Å². The Bertz CT molecular complexity index is 416. The van der Waals surface area contributed by atoms with Crippen LogP contribution >= 0.6 is 0 Å². The van der Waals surface area contributed by atoms with Crippen molar-refractivity contribution in [2.45, 2.75) is 85.3 Å². The van der Waals surface area contributed by atoms with Crippen LogP contribution < -0.4 is 16.0 Å². The van der Waals surface area contributed by atoms with E-state index in [4.69, 9.17) is 4.74 Å². The average molecular weight is 387 g/mol. The highest BCUT2D eigenvalue weighted by molar-refractivity contribution is 5.79. The van der Waals surface area contributed by atoms with Gasteiger partial charge in [-0.05, 0) is 52.9 Å². The molecule has 0 fully saturated rings. The maximum Gasteiger partial charge on any atom is 0.407 e. The van der Waals surface area contributed by atoms with Gasteiger partial charge in [-0.2, -0.15) is 0 Å². The Labute approximate surface area is 165 Å². The number of alkyl carbamates (subject to hydrolysis) is 1. The van der Waals surface area contributed by atoms with Crippen molar-refractivity contribution in [3.8, 4) is 0 Å². The number of nitrogens with one attached hydrogen (secondary N) is 3. The van der Waals surface area contributed by atoms with E-state index in [9.17, 15) is 9.90 Å². The van der Waals surface area contributed by atoms with Crippen LogP contribution in [0.25, 0.3) is 0 Å². The van der Waals surface area contributed by atoms with Gasteiger partial charge in [0.2, 0.25) is 0 Å². The molecule has 2 unspecified atom stereocenters. The molecule has 2 atom stereocenters. The van der Waals surface area contributed by atoms with E-state index in [2.05, 4.69) is 34.8 Å². The number of rotatable bonds is 12. The molecule has 0 rings (SSSR count). The van der Waals surface area contributed by atoms with Gasteiger partial charge in [0, 0.05) is 32.3 Å². The van der Waals surface area contributed by atoms with E-state index in [1.807, 2.05) is 27.7 Å². The molecular formula is C20H42N4O3. The van der Waals surface area contributed by atoms with Crippen LogP contribution in [0.15, 0.2) is 4.99 Å². The topological polar surface area (TPSA) is 95.0 Å². The van der Waals surface area contributed by atoms with Crippen molar-refractivity contribution in [2.75, 3.05) is 26.2 Å². The second kappa shape index (κ2) is 14.5. The standard InChI is InChI=1S/C20H42N4O3/c1-7-10-16(12-13-25)14-22-18(21-9-3)23-15-17(11-8-2)24-19(26)27-20(4,5)6/h16-17,25H,7-15H2,1-6H3,(H,24,26)(H2,21,22,23). The van der Waals surface area contributed by atoms with Crippen LogP contribution in [-0.4, -0.2) is 55.0 Å². The first kappa shape index (κ1) is 25.5. The third kappa shape index (κ3) is 14.3. The highest BCUT2D eigenvalue weighted by Gasteiger charge is 2.19. The maximum atomic E-state index is 12.0.